The van der Waals surface area contributed by atoms with Crippen LogP contribution in [0.4, 0.5) is 0 Å². The van der Waals surface area contributed by atoms with Crippen molar-refractivity contribution in [3.05, 3.63) is 29.0 Å². The van der Waals surface area contributed by atoms with Crippen LogP contribution in [0.1, 0.15) is 5.69 Å². The summed E-state index contributed by atoms with van der Waals surface area (Å²) in [5.41, 5.74) is 0.345. The molecule has 1 heterocycles. The van der Waals surface area contributed by atoms with Crippen molar-refractivity contribution in [2.75, 3.05) is 0 Å². The summed E-state index contributed by atoms with van der Waals surface area (Å²) in [6, 6.07) is 4.73. The minimum Gasteiger partial charge on any atom is -0.240 e. The highest BCUT2D eigenvalue weighted by atomic mass is 35.7. The summed E-state index contributed by atoms with van der Waals surface area (Å²) in [6.07, 6.45) is 0. The largest absolute Gasteiger partial charge is 0.240 e. The molecule has 1 rings (SSSR count). The van der Waals surface area contributed by atoms with Crippen molar-refractivity contribution in [3.63, 3.8) is 0 Å². The summed E-state index contributed by atoms with van der Waals surface area (Å²) in [5, 5.41) is 0.257. The number of halogens is 2. The molecule has 1 aromatic heterocycles. The van der Waals surface area contributed by atoms with Crippen LogP contribution in [-0.2, 0) is 14.8 Å². The second-order valence-corrected chi connectivity index (χ2v) is 5.30. The average Bonchev–Trinajstić information content (AvgIpc) is 1.82. The van der Waals surface area contributed by atoms with Crippen LogP contribution in [0.15, 0.2) is 18.2 Å². The number of pyridine rings is 1. The van der Waals surface area contributed by atoms with Crippen LogP contribution in [0.2, 0.25) is 5.15 Å². The van der Waals surface area contributed by atoms with E-state index in [9.17, 15) is 8.42 Å². The lowest BCUT2D eigenvalue weighted by Crippen LogP contribution is -1.97. The van der Waals surface area contributed by atoms with E-state index in [0.29, 0.717) is 5.69 Å². The van der Waals surface area contributed by atoms with Gasteiger partial charge in [-0.1, -0.05) is 17.7 Å². The van der Waals surface area contributed by atoms with Crippen LogP contribution in [0.3, 0.4) is 0 Å². The minimum absolute atomic E-state index is 0.257. The van der Waals surface area contributed by atoms with Crippen LogP contribution in [0, 0.1) is 0 Å². The van der Waals surface area contributed by atoms with E-state index in [4.69, 9.17) is 22.3 Å². The normalized spacial score (nSPS) is 11.5. The molecule has 0 radical (unpaired) electrons. The Labute approximate surface area is 79.8 Å². The van der Waals surface area contributed by atoms with Gasteiger partial charge in [0, 0.05) is 10.7 Å². The van der Waals surface area contributed by atoms with E-state index in [0.717, 1.165) is 0 Å². The molecule has 0 aliphatic rings. The highest BCUT2D eigenvalue weighted by Crippen LogP contribution is 2.10. The van der Waals surface area contributed by atoms with Gasteiger partial charge in [-0.25, -0.2) is 13.4 Å². The molecule has 3 nitrogen and oxygen atoms in total. The van der Waals surface area contributed by atoms with Crippen LogP contribution in [0.5, 0.6) is 0 Å². The Bertz CT molecular complexity index is 377. The highest BCUT2D eigenvalue weighted by molar-refractivity contribution is 8.13. The molecule has 0 saturated heterocycles. The number of rotatable bonds is 2. The summed E-state index contributed by atoms with van der Waals surface area (Å²) in [7, 11) is 1.47. The van der Waals surface area contributed by atoms with Crippen molar-refractivity contribution in [1.29, 1.82) is 0 Å². The first kappa shape index (κ1) is 9.77. The van der Waals surface area contributed by atoms with E-state index >= 15 is 0 Å². The Hall–Kier alpha value is -0.320. The molecule has 0 aromatic carbocycles. The van der Waals surface area contributed by atoms with Crippen molar-refractivity contribution < 1.29 is 8.42 Å². The van der Waals surface area contributed by atoms with Crippen LogP contribution < -0.4 is 0 Å². The number of nitrogens with zero attached hydrogens (tertiary/aromatic N) is 1. The van der Waals surface area contributed by atoms with Gasteiger partial charge in [0.05, 0.1) is 5.69 Å². The Kier molecular flexibility index (Phi) is 2.93. The predicted molar refractivity (Wildman–Crippen MR) is 47.7 cm³/mol. The molecule has 0 fully saturated rings. The predicted octanol–water partition coefficient (Wildman–Crippen LogP) is 1.80. The Morgan fingerprint density at radius 3 is 2.58 bits per heavy atom. The number of aromatic nitrogens is 1. The Balaban J connectivity index is 2.91. The molecule has 0 amide bonds. The molecule has 0 aliphatic heterocycles. The first-order valence-corrected chi connectivity index (χ1v) is 5.87. The van der Waals surface area contributed by atoms with Gasteiger partial charge in [0.1, 0.15) is 10.9 Å². The maximum atomic E-state index is 10.6. The quantitative estimate of drug-likeness (QED) is 0.570. The average molecular weight is 226 g/mol. The summed E-state index contributed by atoms with van der Waals surface area (Å²) in [6.45, 7) is 0. The lowest BCUT2D eigenvalue weighted by Gasteiger charge is -1.96. The molecule has 0 bridgehead atoms. The lowest BCUT2D eigenvalue weighted by atomic mass is 10.4. The Morgan fingerprint density at radius 2 is 2.08 bits per heavy atom. The van der Waals surface area contributed by atoms with Crippen LogP contribution >= 0.6 is 22.3 Å². The van der Waals surface area contributed by atoms with Gasteiger partial charge in [-0.05, 0) is 12.1 Å². The molecule has 12 heavy (non-hydrogen) atoms. The van der Waals surface area contributed by atoms with E-state index in [1.54, 1.807) is 18.2 Å². The first-order valence-electron chi connectivity index (χ1n) is 3.01. The molecule has 66 valence electrons. The monoisotopic (exact) mass is 225 g/mol. The second kappa shape index (κ2) is 3.60. The maximum absolute atomic E-state index is 10.6. The van der Waals surface area contributed by atoms with Crippen molar-refractivity contribution in [1.82, 2.24) is 4.98 Å². The van der Waals surface area contributed by atoms with Crippen LogP contribution in [-0.4, -0.2) is 13.4 Å². The van der Waals surface area contributed by atoms with E-state index < -0.39 is 9.05 Å². The lowest BCUT2D eigenvalue weighted by molar-refractivity contribution is 0.608. The van der Waals surface area contributed by atoms with Gasteiger partial charge < -0.3 is 0 Å². The topological polar surface area (TPSA) is 47.0 Å². The molecular weight excluding hydrogens is 221 g/mol. The maximum Gasteiger partial charge on any atom is 0.238 e. The number of hydrogen-bond donors (Lipinski definition) is 0. The molecular formula is C6H5Cl2NO2S. The van der Waals surface area contributed by atoms with Gasteiger partial charge in [0.25, 0.3) is 0 Å². The van der Waals surface area contributed by atoms with E-state index in [1.807, 2.05) is 0 Å². The smallest absolute Gasteiger partial charge is 0.238 e. The molecule has 6 heteroatoms. The van der Waals surface area contributed by atoms with Crippen molar-refractivity contribution in [2.45, 2.75) is 5.75 Å². The summed E-state index contributed by atoms with van der Waals surface area (Å²) >= 11 is 5.52. The van der Waals surface area contributed by atoms with Crippen molar-refractivity contribution >= 4 is 31.3 Å². The van der Waals surface area contributed by atoms with Crippen molar-refractivity contribution in [3.8, 4) is 0 Å². The summed E-state index contributed by atoms with van der Waals surface area (Å²) in [5.74, 6) is -0.297. The summed E-state index contributed by atoms with van der Waals surface area (Å²) in [4.78, 5) is 3.76. The zero-order chi connectivity index (χ0) is 9.19. The molecule has 0 aliphatic carbocycles. The molecule has 0 N–H and O–H groups in total. The molecule has 1 aromatic rings. The van der Waals surface area contributed by atoms with E-state index in [-0.39, 0.29) is 10.9 Å². The van der Waals surface area contributed by atoms with Gasteiger partial charge in [-0.3, -0.25) is 0 Å². The van der Waals surface area contributed by atoms with Gasteiger partial charge in [-0.15, -0.1) is 0 Å². The zero-order valence-corrected chi connectivity index (χ0v) is 8.20. The fourth-order valence-electron chi connectivity index (χ4n) is 0.707. The van der Waals surface area contributed by atoms with Gasteiger partial charge in [0.2, 0.25) is 9.05 Å². The fourth-order valence-corrected chi connectivity index (χ4v) is 1.74. The van der Waals surface area contributed by atoms with E-state index in [1.165, 1.54) is 0 Å². The zero-order valence-electron chi connectivity index (χ0n) is 5.87. The molecule has 0 atom stereocenters. The van der Waals surface area contributed by atoms with Gasteiger partial charge >= 0.3 is 0 Å². The highest BCUT2D eigenvalue weighted by Gasteiger charge is 2.07. The molecule has 0 unspecified atom stereocenters. The molecule has 0 spiro atoms. The van der Waals surface area contributed by atoms with Crippen LogP contribution in [0.25, 0.3) is 0 Å². The third kappa shape index (κ3) is 3.38. The second-order valence-electron chi connectivity index (χ2n) is 2.13. The van der Waals surface area contributed by atoms with Crippen molar-refractivity contribution in [2.24, 2.45) is 0 Å². The standard InChI is InChI=1S/C6H5Cl2NO2S/c7-6-3-1-2-5(9-6)4-12(8,10)11/h1-3H,4H2. The first-order chi connectivity index (χ1) is 5.47. The Morgan fingerprint density at radius 1 is 1.42 bits per heavy atom. The minimum atomic E-state index is -3.54. The van der Waals surface area contributed by atoms with Gasteiger partial charge in [-0.2, -0.15) is 0 Å². The third-order valence-corrected chi connectivity index (χ3v) is 2.27. The van der Waals surface area contributed by atoms with E-state index in [2.05, 4.69) is 4.98 Å². The molecule has 0 saturated carbocycles. The summed E-state index contributed by atoms with van der Waals surface area (Å²) < 4.78 is 21.2. The SMILES string of the molecule is O=S(=O)(Cl)Cc1cccc(Cl)n1. The number of hydrogen-bond acceptors (Lipinski definition) is 3. The fraction of sp³-hybridized carbons (Fsp3) is 0.167. The third-order valence-electron chi connectivity index (χ3n) is 1.09. The van der Waals surface area contributed by atoms with Gasteiger partial charge in [0.15, 0.2) is 0 Å².